The van der Waals surface area contributed by atoms with Gasteiger partial charge in [-0.05, 0) is 25.3 Å². The maximum Gasteiger partial charge on any atom is 0.115 e. The molecule has 1 atom stereocenters. The zero-order chi connectivity index (χ0) is 11.9. The predicted octanol–water partition coefficient (Wildman–Crippen LogP) is 2.91. The van der Waals surface area contributed by atoms with Crippen LogP contribution in [0.25, 0.3) is 0 Å². The summed E-state index contributed by atoms with van der Waals surface area (Å²) in [6.45, 7) is 2.18. The lowest BCUT2D eigenvalue weighted by atomic mass is 10.1. The Morgan fingerprint density at radius 2 is 1.82 bits per heavy atom. The first-order valence-electron chi connectivity index (χ1n) is 5.90. The third-order valence-corrected chi connectivity index (χ3v) is 2.68. The highest BCUT2D eigenvalue weighted by Crippen LogP contribution is 2.09. The van der Waals surface area contributed by atoms with E-state index in [0.29, 0.717) is 6.04 Å². The zero-order valence-electron chi connectivity index (χ0n) is 10.0. The van der Waals surface area contributed by atoms with Crippen molar-refractivity contribution in [3.05, 3.63) is 54.6 Å². The third-order valence-electron chi connectivity index (χ3n) is 2.68. The maximum absolute atomic E-state index is 3.98. The van der Waals surface area contributed by atoms with Gasteiger partial charge in [-0.2, -0.15) is 0 Å². The molecule has 0 radical (unpaired) electrons. The van der Waals surface area contributed by atoms with Crippen LogP contribution in [0.2, 0.25) is 0 Å². The summed E-state index contributed by atoms with van der Waals surface area (Å²) in [5, 5.41) is 3.39. The van der Waals surface area contributed by atoms with Crippen molar-refractivity contribution in [1.29, 1.82) is 0 Å². The van der Waals surface area contributed by atoms with Gasteiger partial charge in [-0.1, -0.05) is 30.3 Å². The Labute approximate surface area is 102 Å². The van der Waals surface area contributed by atoms with Gasteiger partial charge in [0.05, 0.1) is 18.1 Å². The average molecular weight is 227 g/mol. The Morgan fingerprint density at radius 3 is 2.53 bits per heavy atom. The summed E-state index contributed by atoms with van der Waals surface area (Å²) >= 11 is 0. The van der Waals surface area contributed by atoms with E-state index in [1.54, 1.807) is 18.7 Å². The van der Waals surface area contributed by atoms with Crippen LogP contribution < -0.4 is 5.32 Å². The highest BCUT2D eigenvalue weighted by molar-refractivity contribution is 5.38. The second-order valence-electron chi connectivity index (χ2n) is 4.20. The van der Waals surface area contributed by atoms with Gasteiger partial charge in [0.15, 0.2) is 0 Å². The summed E-state index contributed by atoms with van der Waals surface area (Å²) in [6, 6.07) is 11.0. The maximum atomic E-state index is 3.98. The normalized spacial score (nSPS) is 12.1. The summed E-state index contributed by atoms with van der Waals surface area (Å²) < 4.78 is 0. The molecule has 2 rings (SSSR count). The van der Waals surface area contributed by atoms with E-state index >= 15 is 0 Å². The molecule has 3 nitrogen and oxygen atoms in total. The van der Waals surface area contributed by atoms with E-state index < -0.39 is 0 Å². The molecule has 0 amide bonds. The number of hydrogen-bond donors (Lipinski definition) is 1. The molecule has 0 fully saturated rings. The number of hydrogen-bond acceptors (Lipinski definition) is 3. The predicted molar refractivity (Wildman–Crippen MR) is 69.9 cm³/mol. The molecule has 1 N–H and O–H groups in total. The molecule has 0 saturated carbocycles. The van der Waals surface area contributed by atoms with Gasteiger partial charge >= 0.3 is 0 Å². The Hall–Kier alpha value is -1.90. The molecular weight excluding hydrogens is 210 g/mol. The molecule has 0 aliphatic carbocycles. The molecule has 0 aliphatic heterocycles. The third kappa shape index (κ3) is 3.87. The summed E-state index contributed by atoms with van der Waals surface area (Å²) in [7, 11) is 0. The fourth-order valence-corrected chi connectivity index (χ4v) is 1.76. The van der Waals surface area contributed by atoms with E-state index in [0.717, 1.165) is 18.5 Å². The number of nitrogens with zero attached hydrogens (tertiary/aromatic N) is 2. The molecule has 1 unspecified atom stereocenters. The van der Waals surface area contributed by atoms with Crippen molar-refractivity contribution in [1.82, 2.24) is 9.97 Å². The molecule has 1 aromatic carbocycles. The van der Waals surface area contributed by atoms with Crippen molar-refractivity contribution >= 4 is 5.69 Å². The number of rotatable bonds is 5. The van der Waals surface area contributed by atoms with Gasteiger partial charge in [0, 0.05) is 6.04 Å². The second kappa shape index (κ2) is 5.99. The van der Waals surface area contributed by atoms with Crippen molar-refractivity contribution in [3.8, 4) is 0 Å². The summed E-state index contributed by atoms with van der Waals surface area (Å²) in [5.41, 5.74) is 2.36. The number of anilines is 1. The lowest BCUT2D eigenvalue weighted by molar-refractivity contribution is 0.705. The Kier molecular flexibility index (Phi) is 4.08. The minimum Gasteiger partial charge on any atom is -0.380 e. The van der Waals surface area contributed by atoms with Crippen molar-refractivity contribution in [2.24, 2.45) is 0 Å². The second-order valence-corrected chi connectivity index (χ2v) is 4.20. The molecule has 0 spiro atoms. The lowest BCUT2D eigenvalue weighted by Gasteiger charge is -2.14. The van der Waals surface area contributed by atoms with Crippen LogP contribution in [0.4, 0.5) is 5.69 Å². The molecule has 2 aromatic rings. The SMILES string of the molecule is CC(CCc1ccccc1)Nc1cncnc1. The van der Waals surface area contributed by atoms with E-state index in [9.17, 15) is 0 Å². The van der Waals surface area contributed by atoms with E-state index in [2.05, 4.69) is 46.5 Å². The molecule has 88 valence electrons. The van der Waals surface area contributed by atoms with E-state index in [1.807, 2.05) is 6.07 Å². The van der Waals surface area contributed by atoms with Gasteiger partial charge in [0.2, 0.25) is 0 Å². The molecular formula is C14H17N3. The average Bonchev–Trinajstić information content (AvgIpc) is 2.39. The van der Waals surface area contributed by atoms with Crippen molar-refractivity contribution in [2.45, 2.75) is 25.8 Å². The first-order valence-corrected chi connectivity index (χ1v) is 5.90. The number of aromatic nitrogens is 2. The summed E-state index contributed by atoms with van der Waals surface area (Å²) in [4.78, 5) is 7.96. The van der Waals surface area contributed by atoms with Crippen LogP contribution in [0, 0.1) is 0 Å². The monoisotopic (exact) mass is 227 g/mol. The van der Waals surface area contributed by atoms with Crippen LogP contribution >= 0.6 is 0 Å². The zero-order valence-corrected chi connectivity index (χ0v) is 10.0. The summed E-state index contributed by atoms with van der Waals surface area (Å²) in [6.07, 6.45) is 7.32. The van der Waals surface area contributed by atoms with Gasteiger partial charge in [0.25, 0.3) is 0 Å². The first kappa shape index (κ1) is 11.6. The van der Waals surface area contributed by atoms with E-state index in [-0.39, 0.29) is 0 Å². The van der Waals surface area contributed by atoms with Crippen molar-refractivity contribution in [3.63, 3.8) is 0 Å². The summed E-state index contributed by atoms with van der Waals surface area (Å²) in [5.74, 6) is 0. The highest BCUT2D eigenvalue weighted by Gasteiger charge is 2.02. The molecule has 0 aliphatic rings. The van der Waals surface area contributed by atoms with Crippen molar-refractivity contribution < 1.29 is 0 Å². The van der Waals surface area contributed by atoms with Gasteiger partial charge in [-0.3, -0.25) is 0 Å². The minimum atomic E-state index is 0.418. The largest absolute Gasteiger partial charge is 0.380 e. The van der Waals surface area contributed by atoms with Crippen LogP contribution in [-0.2, 0) is 6.42 Å². The molecule has 1 heterocycles. The Balaban J connectivity index is 1.80. The lowest BCUT2D eigenvalue weighted by Crippen LogP contribution is -2.16. The van der Waals surface area contributed by atoms with Crippen LogP contribution in [-0.4, -0.2) is 16.0 Å². The van der Waals surface area contributed by atoms with Crippen LogP contribution in [0.15, 0.2) is 49.1 Å². The topological polar surface area (TPSA) is 37.8 Å². The smallest absolute Gasteiger partial charge is 0.115 e. The first-order chi connectivity index (χ1) is 8.34. The van der Waals surface area contributed by atoms with Gasteiger partial charge in [-0.15, -0.1) is 0 Å². The Morgan fingerprint density at radius 1 is 1.12 bits per heavy atom. The molecule has 0 bridgehead atoms. The molecule has 17 heavy (non-hydrogen) atoms. The molecule has 3 heteroatoms. The fraction of sp³-hybridized carbons (Fsp3) is 0.286. The van der Waals surface area contributed by atoms with E-state index in [4.69, 9.17) is 0 Å². The number of benzene rings is 1. The van der Waals surface area contributed by atoms with Crippen molar-refractivity contribution in [2.75, 3.05) is 5.32 Å². The Bertz CT molecular complexity index is 428. The van der Waals surface area contributed by atoms with Gasteiger partial charge < -0.3 is 5.32 Å². The van der Waals surface area contributed by atoms with Crippen LogP contribution in [0.5, 0.6) is 0 Å². The van der Waals surface area contributed by atoms with Crippen LogP contribution in [0.3, 0.4) is 0 Å². The number of aryl methyl sites for hydroxylation is 1. The van der Waals surface area contributed by atoms with E-state index in [1.165, 1.54) is 5.56 Å². The minimum absolute atomic E-state index is 0.418. The highest BCUT2D eigenvalue weighted by atomic mass is 14.9. The number of nitrogens with one attached hydrogen (secondary N) is 1. The quantitative estimate of drug-likeness (QED) is 0.853. The van der Waals surface area contributed by atoms with Crippen LogP contribution in [0.1, 0.15) is 18.9 Å². The van der Waals surface area contributed by atoms with Gasteiger partial charge in [0.1, 0.15) is 6.33 Å². The van der Waals surface area contributed by atoms with Gasteiger partial charge in [-0.25, -0.2) is 9.97 Å². The standard InChI is InChI=1S/C14H17N3/c1-12(17-14-9-15-11-16-10-14)7-8-13-5-3-2-4-6-13/h2-6,9-12,17H,7-8H2,1H3. The fourth-order valence-electron chi connectivity index (χ4n) is 1.76. The molecule has 1 aromatic heterocycles. The molecule has 0 saturated heterocycles.